The zero-order valence-electron chi connectivity index (χ0n) is 11.5. The van der Waals surface area contributed by atoms with Crippen LogP contribution in [0.25, 0.3) is 0 Å². The molecule has 0 radical (unpaired) electrons. The summed E-state index contributed by atoms with van der Waals surface area (Å²) in [5, 5.41) is 3.03. The van der Waals surface area contributed by atoms with E-state index in [0.717, 1.165) is 12.0 Å². The molecule has 1 aromatic rings. The molecule has 3 nitrogen and oxygen atoms in total. The molecule has 0 bridgehead atoms. The third kappa shape index (κ3) is 4.49. The molecular formula is C15H24N2O. The van der Waals surface area contributed by atoms with Gasteiger partial charge in [0.2, 0.25) is 5.91 Å². The Morgan fingerprint density at radius 3 is 2.33 bits per heavy atom. The van der Waals surface area contributed by atoms with Crippen molar-refractivity contribution in [1.82, 2.24) is 5.32 Å². The standard InChI is InChI=1S/C15H24N2O/c1-11(2)9-14(10-16)15(18)17-12(3)13-7-5-4-6-8-13/h4-8,11-12,14H,9-10,16H2,1-3H3,(H,17,18)/t12-,14?/m0/s1. The van der Waals surface area contributed by atoms with Gasteiger partial charge in [0.05, 0.1) is 12.0 Å². The topological polar surface area (TPSA) is 55.1 Å². The van der Waals surface area contributed by atoms with Crippen molar-refractivity contribution in [1.29, 1.82) is 0 Å². The van der Waals surface area contributed by atoms with Crippen LogP contribution in [0.4, 0.5) is 0 Å². The summed E-state index contributed by atoms with van der Waals surface area (Å²) in [4.78, 5) is 12.1. The Hall–Kier alpha value is -1.35. The van der Waals surface area contributed by atoms with Gasteiger partial charge in [-0.15, -0.1) is 0 Å². The van der Waals surface area contributed by atoms with Crippen molar-refractivity contribution < 1.29 is 4.79 Å². The number of carbonyl (C=O) groups is 1. The number of nitrogens with two attached hydrogens (primary N) is 1. The van der Waals surface area contributed by atoms with Crippen molar-refractivity contribution >= 4 is 5.91 Å². The quantitative estimate of drug-likeness (QED) is 0.812. The normalized spacial score (nSPS) is 14.3. The highest BCUT2D eigenvalue weighted by Gasteiger charge is 2.19. The monoisotopic (exact) mass is 248 g/mol. The maximum Gasteiger partial charge on any atom is 0.224 e. The first kappa shape index (κ1) is 14.7. The van der Waals surface area contributed by atoms with E-state index in [2.05, 4.69) is 19.2 Å². The van der Waals surface area contributed by atoms with Crippen LogP contribution in [0.1, 0.15) is 38.8 Å². The van der Waals surface area contributed by atoms with E-state index in [4.69, 9.17) is 5.73 Å². The minimum atomic E-state index is -0.0869. The zero-order valence-corrected chi connectivity index (χ0v) is 11.5. The second-order valence-electron chi connectivity index (χ2n) is 5.20. The summed E-state index contributed by atoms with van der Waals surface area (Å²) < 4.78 is 0. The molecule has 1 amide bonds. The average Bonchev–Trinajstić information content (AvgIpc) is 2.36. The summed E-state index contributed by atoms with van der Waals surface area (Å²) in [6.07, 6.45) is 0.837. The number of benzene rings is 1. The molecule has 0 saturated carbocycles. The molecule has 0 heterocycles. The van der Waals surface area contributed by atoms with E-state index in [1.165, 1.54) is 0 Å². The van der Waals surface area contributed by atoms with Gasteiger partial charge in [-0.25, -0.2) is 0 Å². The Morgan fingerprint density at radius 1 is 1.22 bits per heavy atom. The molecule has 0 saturated heterocycles. The molecule has 0 aliphatic rings. The summed E-state index contributed by atoms with van der Waals surface area (Å²) in [6.45, 7) is 6.62. The van der Waals surface area contributed by atoms with Gasteiger partial charge in [-0.3, -0.25) is 4.79 Å². The highest BCUT2D eigenvalue weighted by Crippen LogP contribution is 2.15. The summed E-state index contributed by atoms with van der Waals surface area (Å²) in [5.74, 6) is 0.454. The second kappa shape index (κ2) is 7.17. The van der Waals surface area contributed by atoms with Crippen molar-refractivity contribution in [3.8, 4) is 0 Å². The van der Waals surface area contributed by atoms with Crippen molar-refractivity contribution in [3.05, 3.63) is 35.9 Å². The Morgan fingerprint density at radius 2 is 1.83 bits per heavy atom. The highest BCUT2D eigenvalue weighted by molar-refractivity contribution is 5.79. The summed E-state index contributed by atoms with van der Waals surface area (Å²) >= 11 is 0. The van der Waals surface area contributed by atoms with Gasteiger partial charge in [0.25, 0.3) is 0 Å². The molecule has 3 heteroatoms. The molecule has 1 unspecified atom stereocenters. The van der Waals surface area contributed by atoms with Crippen LogP contribution >= 0.6 is 0 Å². The number of hydrogen-bond acceptors (Lipinski definition) is 2. The van der Waals surface area contributed by atoms with E-state index in [1.54, 1.807) is 0 Å². The van der Waals surface area contributed by atoms with Crippen molar-refractivity contribution in [3.63, 3.8) is 0 Å². The highest BCUT2D eigenvalue weighted by atomic mass is 16.1. The van der Waals surface area contributed by atoms with Gasteiger partial charge >= 0.3 is 0 Å². The Labute approximate surface area is 110 Å². The van der Waals surface area contributed by atoms with Crippen LogP contribution in [0.3, 0.4) is 0 Å². The smallest absolute Gasteiger partial charge is 0.224 e. The minimum absolute atomic E-state index is 0.0277. The van der Waals surface area contributed by atoms with Gasteiger partial charge in [-0.05, 0) is 24.8 Å². The SMILES string of the molecule is CC(C)CC(CN)C(=O)N[C@@H](C)c1ccccc1. The van der Waals surface area contributed by atoms with Gasteiger partial charge in [-0.2, -0.15) is 0 Å². The lowest BCUT2D eigenvalue weighted by Crippen LogP contribution is -2.37. The van der Waals surface area contributed by atoms with E-state index in [9.17, 15) is 4.79 Å². The van der Waals surface area contributed by atoms with E-state index in [-0.39, 0.29) is 17.9 Å². The van der Waals surface area contributed by atoms with E-state index >= 15 is 0 Å². The molecule has 0 aliphatic carbocycles. The van der Waals surface area contributed by atoms with Crippen LogP contribution in [0.5, 0.6) is 0 Å². The molecule has 18 heavy (non-hydrogen) atoms. The molecule has 2 atom stereocenters. The van der Waals surface area contributed by atoms with E-state index < -0.39 is 0 Å². The summed E-state index contributed by atoms with van der Waals surface area (Å²) in [7, 11) is 0. The van der Waals surface area contributed by atoms with Gasteiger partial charge in [0, 0.05) is 6.54 Å². The van der Waals surface area contributed by atoms with Crippen LogP contribution in [-0.4, -0.2) is 12.5 Å². The Bertz CT molecular complexity index is 362. The Balaban J connectivity index is 2.58. The predicted molar refractivity (Wildman–Crippen MR) is 75.0 cm³/mol. The van der Waals surface area contributed by atoms with Gasteiger partial charge in [0.15, 0.2) is 0 Å². The molecule has 3 N–H and O–H groups in total. The predicted octanol–water partition coefficient (Wildman–Crippen LogP) is 2.48. The van der Waals surface area contributed by atoms with Crippen LogP contribution in [0.2, 0.25) is 0 Å². The van der Waals surface area contributed by atoms with Gasteiger partial charge in [0.1, 0.15) is 0 Å². The molecular weight excluding hydrogens is 224 g/mol. The first-order valence-corrected chi connectivity index (χ1v) is 6.60. The third-order valence-corrected chi connectivity index (χ3v) is 3.07. The summed E-state index contributed by atoms with van der Waals surface area (Å²) in [5.41, 5.74) is 6.79. The lowest BCUT2D eigenvalue weighted by atomic mass is 9.96. The number of nitrogens with one attached hydrogen (secondary N) is 1. The molecule has 0 spiro atoms. The van der Waals surface area contributed by atoms with Crippen LogP contribution in [0, 0.1) is 11.8 Å². The molecule has 0 aromatic heterocycles. The van der Waals surface area contributed by atoms with Gasteiger partial charge < -0.3 is 11.1 Å². The van der Waals surface area contributed by atoms with Crippen LogP contribution in [-0.2, 0) is 4.79 Å². The lowest BCUT2D eigenvalue weighted by Gasteiger charge is -2.20. The largest absolute Gasteiger partial charge is 0.349 e. The lowest BCUT2D eigenvalue weighted by molar-refractivity contribution is -0.125. The van der Waals surface area contributed by atoms with Crippen LogP contribution in [0.15, 0.2) is 30.3 Å². The first-order valence-electron chi connectivity index (χ1n) is 6.60. The van der Waals surface area contributed by atoms with Gasteiger partial charge in [-0.1, -0.05) is 44.2 Å². The minimum Gasteiger partial charge on any atom is -0.349 e. The number of hydrogen-bond donors (Lipinski definition) is 2. The summed E-state index contributed by atoms with van der Waals surface area (Å²) in [6, 6.07) is 9.99. The average molecular weight is 248 g/mol. The fourth-order valence-electron chi connectivity index (χ4n) is 2.04. The second-order valence-corrected chi connectivity index (χ2v) is 5.20. The first-order chi connectivity index (χ1) is 8.54. The fourth-order valence-corrected chi connectivity index (χ4v) is 2.04. The number of rotatable bonds is 6. The van der Waals surface area contributed by atoms with Crippen molar-refractivity contribution in [2.75, 3.05) is 6.54 Å². The molecule has 100 valence electrons. The van der Waals surface area contributed by atoms with Crippen molar-refractivity contribution in [2.24, 2.45) is 17.6 Å². The van der Waals surface area contributed by atoms with Crippen LogP contribution < -0.4 is 11.1 Å². The fraction of sp³-hybridized carbons (Fsp3) is 0.533. The maximum atomic E-state index is 12.1. The maximum absolute atomic E-state index is 12.1. The number of amides is 1. The van der Waals surface area contributed by atoms with E-state index in [1.807, 2.05) is 37.3 Å². The molecule has 1 aromatic carbocycles. The Kier molecular flexibility index (Phi) is 5.86. The van der Waals surface area contributed by atoms with E-state index in [0.29, 0.717) is 12.5 Å². The molecule has 1 rings (SSSR count). The number of carbonyl (C=O) groups excluding carboxylic acids is 1. The molecule has 0 fully saturated rings. The molecule has 0 aliphatic heterocycles. The third-order valence-electron chi connectivity index (χ3n) is 3.07. The zero-order chi connectivity index (χ0) is 13.5. The van der Waals surface area contributed by atoms with Crippen molar-refractivity contribution in [2.45, 2.75) is 33.2 Å².